The summed E-state index contributed by atoms with van der Waals surface area (Å²) in [6, 6.07) is 0. The maximum absolute atomic E-state index is 5.66. The lowest BCUT2D eigenvalue weighted by atomic mass is 9.94. The lowest BCUT2D eigenvalue weighted by Crippen LogP contribution is -2.28. The molecular weight excluding hydrogens is 136 g/mol. The first-order valence-electron chi connectivity index (χ1n) is 3.61. The predicted octanol–water partition coefficient (Wildman–Crippen LogP) is -1.75. The van der Waals surface area contributed by atoms with Crippen LogP contribution >= 0.6 is 0 Å². The SMILES string of the molecule is [B]c1c2c(nn1[B])CCNC2. The molecular formula is C6H7B2N3. The first kappa shape index (κ1) is 6.98. The van der Waals surface area contributed by atoms with Gasteiger partial charge in [-0.3, -0.25) is 0 Å². The number of rotatable bonds is 0. The van der Waals surface area contributed by atoms with Gasteiger partial charge in [0, 0.05) is 19.5 Å². The highest BCUT2D eigenvalue weighted by Crippen LogP contribution is 2.07. The molecule has 1 aliphatic rings. The average molecular weight is 143 g/mol. The Morgan fingerprint density at radius 2 is 2.36 bits per heavy atom. The van der Waals surface area contributed by atoms with Gasteiger partial charge in [0.2, 0.25) is 0 Å². The molecule has 0 amide bonds. The van der Waals surface area contributed by atoms with Crippen molar-refractivity contribution in [1.29, 1.82) is 0 Å². The Labute approximate surface area is 68.0 Å². The van der Waals surface area contributed by atoms with Crippen LogP contribution in [0, 0.1) is 0 Å². The average Bonchev–Trinajstić information content (AvgIpc) is 2.30. The maximum atomic E-state index is 5.66. The number of nitrogens with zero attached hydrogens (tertiary/aromatic N) is 2. The lowest BCUT2D eigenvalue weighted by Gasteiger charge is -2.11. The molecule has 2 rings (SSSR count). The van der Waals surface area contributed by atoms with Crippen molar-refractivity contribution < 1.29 is 0 Å². The summed E-state index contributed by atoms with van der Waals surface area (Å²) < 4.78 is 1.25. The van der Waals surface area contributed by atoms with Gasteiger partial charge in [0.1, 0.15) is 7.85 Å². The fraction of sp³-hybridized carbons (Fsp3) is 0.500. The molecule has 0 atom stereocenters. The van der Waals surface area contributed by atoms with Crippen LogP contribution < -0.4 is 10.9 Å². The Morgan fingerprint density at radius 3 is 3.09 bits per heavy atom. The van der Waals surface area contributed by atoms with Crippen LogP contribution in [0.4, 0.5) is 0 Å². The molecule has 2 heterocycles. The van der Waals surface area contributed by atoms with Gasteiger partial charge in [0.25, 0.3) is 7.98 Å². The van der Waals surface area contributed by atoms with Crippen molar-refractivity contribution in [2.45, 2.75) is 13.0 Å². The number of nitrogens with one attached hydrogen (secondary N) is 1. The molecule has 1 aromatic rings. The molecule has 0 spiro atoms. The first-order valence-corrected chi connectivity index (χ1v) is 3.61. The Kier molecular flexibility index (Phi) is 1.53. The molecule has 11 heavy (non-hydrogen) atoms. The van der Waals surface area contributed by atoms with Gasteiger partial charge in [0.05, 0.1) is 5.69 Å². The topological polar surface area (TPSA) is 29.9 Å². The molecule has 0 aliphatic carbocycles. The zero-order valence-corrected chi connectivity index (χ0v) is 6.17. The number of hydrogen-bond donors (Lipinski definition) is 1. The predicted molar refractivity (Wildman–Crippen MR) is 44.2 cm³/mol. The van der Waals surface area contributed by atoms with Crippen LogP contribution in [0.2, 0.25) is 0 Å². The van der Waals surface area contributed by atoms with Gasteiger partial charge in [0.15, 0.2) is 0 Å². The zero-order valence-electron chi connectivity index (χ0n) is 6.17. The van der Waals surface area contributed by atoms with Crippen LogP contribution in [-0.2, 0) is 13.0 Å². The van der Waals surface area contributed by atoms with Crippen molar-refractivity contribution in [2.75, 3.05) is 6.54 Å². The molecule has 52 valence electrons. The molecule has 1 N–H and O–H groups in total. The highest BCUT2D eigenvalue weighted by atomic mass is 15.2. The normalized spacial score (nSPS) is 16.4. The number of aromatic nitrogens is 2. The van der Waals surface area contributed by atoms with Gasteiger partial charge in [-0.05, 0) is 11.2 Å². The van der Waals surface area contributed by atoms with Gasteiger partial charge in [-0.2, -0.15) is 5.10 Å². The van der Waals surface area contributed by atoms with Crippen LogP contribution in [-0.4, -0.2) is 32.1 Å². The summed E-state index contributed by atoms with van der Waals surface area (Å²) in [5, 5.41) is 7.29. The minimum absolute atomic E-state index is 0.576. The Hall–Kier alpha value is -0.700. The van der Waals surface area contributed by atoms with E-state index in [-0.39, 0.29) is 0 Å². The van der Waals surface area contributed by atoms with Crippen LogP contribution in [0.3, 0.4) is 0 Å². The quantitative estimate of drug-likeness (QED) is 0.436. The van der Waals surface area contributed by atoms with Crippen molar-refractivity contribution in [3.63, 3.8) is 0 Å². The molecule has 0 unspecified atom stereocenters. The van der Waals surface area contributed by atoms with Crippen molar-refractivity contribution in [3.05, 3.63) is 11.3 Å². The van der Waals surface area contributed by atoms with E-state index in [1.54, 1.807) is 0 Å². The van der Waals surface area contributed by atoms with E-state index in [0.29, 0.717) is 5.59 Å². The second-order valence-electron chi connectivity index (χ2n) is 2.68. The fourth-order valence-corrected chi connectivity index (χ4v) is 1.34. The molecule has 0 aromatic carbocycles. The minimum Gasteiger partial charge on any atom is -0.337 e. The standard InChI is InChI=1S/C6H7B2N3/c7-6-4-3-9-2-1-5(4)10-11(6)8/h9H,1-3H2. The third-order valence-corrected chi connectivity index (χ3v) is 1.97. The van der Waals surface area contributed by atoms with E-state index in [0.717, 1.165) is 30.8 Å². The molecule has 0 bridgehead atoms. The molecule has 5 heteroatoms. The summed E-state index contributed by atoms with van der Waals surface area (Å²) in [6.45, 7) is 1.75. The van der Waals surface area contributed by atoms with E-state index >= 15 is 0 Å². The van der Waals surface area contributed by atoms with Crippen molar-refractivity contribution in [1.82, 2.24) is 15.0 Å². The van der Waals surface area contributed by atoms with Gasteiger partial charge < -0.3 is 9.91 Å². The maximum Gasteiger partial charge on any atom is 0.263 e. The fourth-order valence-electron chi connectivity index (χ4n) is 1.34. The third-order valence-electron chi connectivity index (χ3n) is 1.97. The number of fused-ring (bicyclic) bond motifs is 1. The van der Waals surface area contributed by atoms with E-state index in [2.05, 4.69) is 10.4 Å². The van der Waals surface area contributed by atoms with Crippen LogP contribution in [0.1, 0.15) is 11.3 Å². The lowest BCUT2D eigenvalue weighted by molar-refractivity contribution is 0.637. The minimum atomic E-state index is 0.576. The second kappa shape index (κ2) is 2.41. The molecule has 0 fully saturated rings. The van der Waals surface area contributed by atoms with E-state index in [1.165, 1.54) is 4.59 Å². The van der Waals surface area contributed by atoms with Crippen LogP contribution in [0.5, 0.6) is 0 Å². The summed E-state index contributed by atoms with van der Waals surface area (Å²) in [5.41, 5.74) is 2.66. The highest BCUT2D eigenvalue weighted by molar-refractivity contribution is 6.34. The van der Waals surface area contributed by atoms with Gasteiger partial charge >= 0.3 is 0 Å². The number of hydrogen-bond acceptors (Lipinski definition) is 2. The summed E-state index contributed by atoms with van der Waals surface area (Å²) in [7, 11) is 11.1. The summed E-state index contributed by atoms with van der Waals surface area (Å²) in [4.78, 5) is 0. The van der Waals surface area contributed by atoms with Crippen molar-refractivity contribution >= 4 is 21.4 Å². The Balaban J connectivity index is 2.50. The zero-order chi connectivity index (χ0) is 7.84. The summed E-state index contributed by atoms with van der Waals surface area (Å²) in [5.74, 6) is 0. The summed E-state index contributed by atoms with van der Waals surface area (Å²) in [6.07, 6.45) is 0.920. The molecule has 1 aromatic heterocycles. The largest absolute Gasteiger partial charge is 0.337 e. The van der Waals surface area contributed by atoms with Crippen molar-refractivity contribution in [2.24, 2.45) is 0 Å². The molecule has 4 radical (unpaired) electrons. The van der Waals surface area contributed by atoms with Gasteiger partial charge in [-0.1, -0.05) is 0 Å². The molecule has 1 aliphatic heterocycles. The Morgan fingerprint density at radius 1 is 1.55 bits per heavy atom. The van der Waals surface area contributed by atoms with E-state index in [4.69, 9.17) is 15.8 Å². The molecule has 3 nitrogen and oxygen atoms in total. The smallest absolute Gasteiger partial charge is 0.263 e. The van der Waals surface area contributed by atoms with Gasteiger partial charge in [-0.15, -0.1) is 0 Å². The monoisotopic (exact) mass is 143 g/mol. The molecule has 0 saturated heterocycles. The van der Waals surface area contributed by atoms with Crippen LogP contribution in [0.25, 0.3) is 0 Å². The van der Waals surface area contributed by atoms with E-state index in [1.807, 2.05) is 0 Å². The van der Waals surface area contributed by atoms with E-state index in [9.17, 15) is 0 Å². The molecule has 0 saturated carbocycles. The Bertz CT molecular complexity index is 282. The second-order valence-corrected chi connectivity index (χ2v) is 2.68. The summed E-state index contributed by atoms with van der Waals surface area (Å²) >= 11 is 0. The highest BCUT2D eigenvalue weighted by Gasteiger charge is 2.14. The van der Waals surface area contributed by atoms with Crippen LogP contribution in [0.15, 0.2) is 0 Å². The van der Waals surface area contributed by atoms with Crippen molar-refractivity contribution in [3.8, 4) is 0 Å². The first-order chi connectivity index (χ1) is 5.29. The van der Waals surface area contributed by atoms with E-state index < -0.39 is 0 Å². The third kappa shape index (κ3) is 0.997. The van der Waals surface area contributed by atoms with Gasteiger partial charge in [-0.25, -0.2) is 0 Å².